The number of aromatic nitrogens is 1. The number of hydrogen-bond acceptors (Lipinski definition) is 3. The summed E-state index contributed by atoms with van der Waals surface area (Å²) in [6.07, 6.45) is 2.19. The van der Waals surface area contributed by atoms with Gasteiger partial charge >= 0.3 is 12.6 Å². The maximum Gasteiger partial charge on any atom is 0.388 e. The molecule has 9 heteroatoms. The van der Waals surface area contributed by atoms with Gasteiger partial charge in [-0.05, 0) is 30.4 Å². The Morgan fingerprint density at radius 3 is 2.88 bits per heavy atom. The lowest BCUT2D eigenvalue weighted by Crippen LogP contribution is -2.48. The van der Waals surface area contributed by atoms with Crippen molar-refractivity contribution >= 4 is 6.03 Å². The third-order valence-corrected chi connectivity index (χ3v) is 4.54. The van der Waals surface area contributed by atoms with Gasteiger partial charge in [0.2, 0.25) is 5.88 Å². The fourth-order valence-electron chi connectivity index (χ4n) is 3.59. The summed E-state index contributed by atoms with van der Waals surface area (Å²) in [6.45, 7) is -2.94. The molecule has 0 aromatic carbocycles. The first kappa shape index (κ1) is 16.8. The average Bonchev–Trinajstić information content (AvgIpc) is 3.00. The highest BCUT2D eigenvalue weighted by molar-refractivity contribution is 5.74. The topological polar surface area (TPSA) is 63.2 Å². The molecule has 132 valence electrons. The zero-order valence-electron chi connectivity index (χ0n) is 12.6. The van der Waals surface area contributed by atoms with E-state index < -0.39 is 30.5 Å². The van der Waals surface area contributed by atoms with Crippen LogP contribution in [-0.4, -0.2) is 29.6 Å². The molecule has 2 bridgehead atoms. The predicted molar refractivity (Wildman–Crippen MR) is 75.8 cm³/mol. The molecule has 0 unspecified atom stereocenters. The van der Waals surface area contributed by atoms with Crippen LogP contribution in [0, 0.1) is 11.8 Å². The molecular weight excluding hydrogens is 330 g/mol. The Balaban J connectivity index is 1.50. The normalized spacial score (nSPS) is 27.3. The second kappa shape index (κ2) is 6.45. The van der Waals surface area contributed by atoms with E-state index in [2.05, 4.69) is 20.4 Å². The SMILES string of the molecule is O=C(NCc1ccnc(OC(F)F)c1)N[C@H]1C[C@@H]2C[C@H]1C(F)(F)C2. The third kappa shape index (κ3) is 3.70. The fraction of sp³-hybridized carbons (Fsp3) is 0.600. The number of alkyl halides is 4. The minimum Gasteiger partial charge on any atom is -0.417 e. The van der Waals surface area contributed by atoms with E-state index in [-0.39, 0.29) is 24.8 Å². The number of hydrogen-bond donors (Lipinski definition) is 2. The van der Waals surface area contributed by atoms with E-state index in [1.165, 1.54) is 18.3 Å². The van der Waals surface area contributed by atoms with Crippen molar-refractivity contribution in [3.63, 3.8) is 0 Å². The van der Waals surface area contributed by atoms with Crippen molar-refractivity contribution in [1.82, 2.24) is 15.6 Å². The number of rotatable bonds is 5. The van der Waals surface area contributed by atoms with E-state index in [1.54, 1.807) is 0 Å². The van der Waals surface area contributed by atoms with Gasteiger partial charge in [-0.3, -0.25) is 0 Å². The summed E-state index contributed by atoms with van der Waals surface area (Å²) in [5, 5.41) is 5.11. The number of halogens is 4. The highest BCUT2D eigenvalue weighted by atomic mass is 19.3. The standard InChI is InChI=1S/C15H17F4N3O2/c16-13(17)24-12-5-8(1-2-20-12)7-21-14(23)22-11-4-9-3-10(11)15(18,19)6-9/h1-2,5,9-11,13H,3-4,6-7H2,(H2,21,22,23)/t9-,10+,11-/m0/s1. The Morgan fingerprint density at radius 1 is 1.42 bits per heavy atom. The molecule has 0 saturated heterocycles. The van der Waals surface area contributed by atoms with E-state index in [0.29, 0.717) is 18.4 Å². The summed E-state index contributed by atoms with van der Waals surface area (Å²) < 4.78 is 55.8. The molecule has 5 nitrogen and oxygen atoms in total. The van der Waals surface area contributed by atoms with Gasteiger partial charge in [-0.2, -0.15) is 8.78 Å². The Hall–Kier alpha value is -2.06. The van der Waals surface area contributed by atoms with Gasteiger partial charge in [0.05, 0.1) is 0 Å². The number of urea groups is 1. The van der Waals surface area contributed by atoms with E-state index in [1.807, 2.05) is 0 Å². The maximum atomic E-state index is 13.7. The van der Waals surface area contributed by atoms with E-state index in [4.69, 9.17) is 0 Å². The summed E-state index contributed by atoms with van der Waals surface area (Å²) in [7, 11) is 0. The Bertz CT molecular complexity index is 614. The quantitative estimate of drug-likeness (QED) is 0.805. The van der Waals surface area contributed by atoms with Crippen LogP contribution in [0.2, 0.25) is 0 Å². The predicted octanol–water partition coefficient (Wildman–Crippen LogP) is 2.92. The van der Waals surface area contributed by atoms with Crippen LogP contribution in [0.25, 0.3) is 0 Å². The Kier molecular flexibility index (Phi) is 4.51. The molecule has 2 aliphatic rings. The number of carbonyl (C=O) groups is 1. The lowest BCUT2D eigenvalue weighted by molar-refractivity contribution is -0.0610. The van der Waals surface area contributed by atoms with E-state index in [0.717, 1.165) is 0 Å². The number of carbonyl (C=O) groups excluding carboxylic acids is 1. The number of pyridine rings is 1. The van der Waals surface area contributed by atoms with Crippen molar-refractivity contribution in [2.45, 2.75) is 44.4 Å². The molecule has 1 aromatic heterocycles. The fourth-order valence-corrected chi connectivity index (χ4v) is 3.59. The zero-order chi connectivity index (χ0) is 17.3. The molecule has 2 saturated carbocycles. The lowest BCUT2D eigenvalue weighted by atomic mass is 9.92. The molecule has 2 N–H and O–H groups in total. The molecule has 1 heterocycles. The monoisotopic (exact) mass is 347 g/mol. The highest BCUT2D eigenvalue weighted by Gasteiger charge is 2.57. The maximum absolute atomic E-state index is 13.7. The number of fused-ring (bicyclic) bond motifs is 2. The molecule has 2 fully saturated rings. The molecule has 2 aliphatic carbocycles. The van der Waals surface area contributed by atoms with Crippen LogP contribution >= 0.6 is 0 Å². The van der Waals surface area contributed by atoms with Crippen molar-refractivity contribution in [1.29, 1.82) is 0 Å². The van der Waals surface area contributed by atoms with Gasteiger partial charge in [-0.15, -0.1) is 0 Å². The van der Waals surface area contributed by atoms with Crippen LogP contribution < -0.4 is 15.4 Å². The molecule has 0 aliphatic heterocycles. The first-order chi connectivity index (χ1) is 11.3. The molecule has 0 spiro atoms. The van der Waals surface area contributed by atoms with Crippen LogP contribution in [0.15, 0.2) is 18.3 Å². The van der Waals surface area contributed by atoms with E-state index in [9.17, 15) is 22.4 Å². The minimum atomic E-state index is -2.98. The van der Waals surface area contributed by atoms with Gasteiger partial charge < -0.3 is 15.4 Å². The molecule has 3 rings (SSSR count). The van der Waals surface area contributed by atoms with Crippen LogP contribution in [0.5, 0.6) is 5.88 Å². The van der Waals surface area contributed by atoms with Crippen molar-refractivity contribution < 1.29 is 27.1 Å². The number of nitrogens with zero attached hydrogens (tertiary/aromatic N) is 1. The first-order valence-corrected chi connectivity index (χ1v) is 7.65. The second-order valence-electron chi connectivity index (χ2n) is 6.22. The van der Waals surface area contributed by atoms with Crippen molar-refractivity contribution in [2.75, 3.05) is 0 Å². The van der Waals surface area contributed by atoms with Gasteiger partial charge in [-0.1, -0.05) is 0 Å². The van der Waals surface area contributed by atoms with Gasteiger partial charge in [0.1, 0.15) is 0 Å². The number of nitrogens with one attached hydrogen (secondary N) is 2. The van der Waals surface area contributed by atoms with Crippen molar-refractivity contribution in [3.8, 4) is 5.88 Å². The summed E-state index contributed by atoms with van der Waals surface area (Å²) in [5.74, 6) is -3.81. The van der Waals surface area contributed by atoms with Gasteiger partial charge in [0, 0.05) is 37.2 Å². The van der Waals surface area contributed by atoms with Crippen molar-refractivity contribution in [3.05, 3.63) is 23.9 Å². The minimum absolute atomic E-state index is 0.0375. The summed E-state index contributed by atoms with van der Waals surface area (Å²) in [4.78, 5) is 15.5. The lowest BCUT2D eigenvalue weighted by Gasteiger charge is -2.29. The molecule has 3 atom stereocenters. The number of ether oxygens (including phenoxy) is 1. The average molecular weight is 347 g/mol. The van der Waals surface area contributed by atoms with Crippen LogP contribution in [0.3, 0.4) is 0 Å². The summed E-state index contributed by atoms with van der Waals surface area (Å²) >= 11 is 0. The molecule has 24 heavy (non-hydrogen) atoms. The second-order valence-corrected chi connectivity index (χ2v) is 6.22. The zero-order valence-corrected chi connectivity index (χ0v) is 12.6. The van der Waals surface area contributed by atoms with Crippen molar-refractivity contribution in [2.24, 2.45) is 11.8 Å². The largest absolute Gasteiger partial charge is 0.417 e. The molecule has 1 aromatic rings. The van der Waals surface area contributed by atoms with Crippen LogP contribution in [0.4, 0.5) is 22.4 Å². The Morgan fingerprint density at radius 2 is 2.21 bits per heavy atom. The number of amides is 2. The summed E-state index contributed by atoms with van der Waals surface area (Å²) in [5.41, 5.74) is 0.508. The smallest absolute Gasteiger partial charge is 0.388 e. The summed E-state index contributed by atoms with van der Waals surface area (Å²) in [6, 6.07) is 1.72. The van der Waals surface area contributed by atoms with Crippen LogP contribution in [0.1, 0.15) is 24.8 Å². The van der Waals surface area contributed by atoms with Crippen LogP contribution in [-0.2, 0) is 6.54 Å². The van der Waals surface area contributed by atoms with Gasteiger partial charge in [-0.25, -0.2) is 18.6 Å². The van der Waals surface area contributed by atoms with Gasteiger partial charge in [0.25, 0.3) is 5.92 Å². The molecular formula is C15H17F4N3O2. The van der Waals surface area contributed by atoms with E-state index >= 15 is 0 Å². The molecule has 0 radical (unpaired) electrons. The molecule has 2 amide bonds. The Labute approximate surface area is 135 Å². The first-order valence-electron chi connectivity index (χ1n) is 7.65. The van der Waals surface area contributed by atoms with Gasteiger partial charge in [0.15, 0.2) is 0 Å². The highest BCUT2D eigenvalue weighted by Crippen LogP contribution is 2.53. The third-order valence-electron chi connectivity index (χ3n) is 4.54.